The number of sulfonamides is 1. The highest BCUT2D eigenvalue weighted by Gasteiger charge is 2.16. The monoisotopic (exact) mass is 398 g/mol. The number of nitrogens with one attached hydrogen (secondary N) is 2. The van der Waals surface area contributed by atoms with Crippen LogP contribution in [-0.4, -0.2) is 37.0 Å². The molecule has 0 atom stereocenters. The first-order valence-corrected chi connectivity index (χ1v) is 11.7. The summed E-state index contributed by atoms with van der Waals surface area (Å²) in [7, 11) is -3.44. The molecule has 1 aromatic heterocycles. The average molecular weight is 399 g/mol. The summed E-state index contributed by atoms with van der Waals surface area (Å²) in [5, 5.41) is 12.7. The zero-order valence-corrected chi connectivity index (χ0v) is 16.3. The van der Waals surface area contributed by atoms with Gasteiger partial charge in [-0.05, 0) is 25.0 Å². The molecule has 0 unspecified atom stereocenters. The van der Waals surface area contributed by atoms with E-state index in [-0.39, 0.29) is 4.90 Å². The third kappa shape index (κ3) is 5.67. The Morgan fingerprint density at radius 2 is 1.88 bits per heavy atom. The fourth-order valence-corrected chi connectivity index (χ4v) is 5.68. The zero-order valence-electron chi connectivity index (χ0n) is 13.8. The third-order valence-corrected chi connectivity index (χ3v) is 7.48. The summed E-state index contributed by atoms with van der Waals surface area (Å²) in [6.45, 7) is 0.354. The SMILES string of the molecule is O=S(=O)(NCCSc1nnc(NC2CCCCC2)s1)c1ccccc1. The van der Waals surface area contributed by atoms with E-state index >= 15 is 0 Å². The summed E-state index contributed by atoms with van der Waals surface area (Å²) in [4.78, 5) is 0.287. The van der Waals surface area contributed by atoms with Gasteiger partial charge in [0, 0.05) is 18.3 Å². The molecule has 9 heteroatoms. The van der Waals surface area contributed by atoms with Crippen LogP contribution < -0.4 is 10.0 Å². The number of rotatable bonds is 8. The highest BCUT2D eigenvalue weighted by atomic mass is 32.2. The van der Waals surface area contributed by atoms with Gasteiger partial charge in [-0.3, -0.25) is 0 Å². The second-order valence-corrected chi connectivity index (χ2v) is 10.00. The molecule has 6 nitrogen and oxygen atoms in total. The van der Waals surface area contributed by atoms with Gasteiger partial charge in [-0.25, -0.2) is 13.1 Å². The lowest BCUT2D eigenvalue weighted by Gasteiger charge is -2.21. The summed E-state index contributed by atoms with van der Waals surface area (Å²) in [6, 6.07) is 8.91. The van der Waals surface area contributed by atoms with Gasteiger partial charge in [0.25, 0.3) is 0 Å². The standard InChI is InChI=1S/C16H22N4O2S3/c21-25(22,14-9-5-2-6-10-14)17-11-12-23-16-20-19-15(24-16)18-13-7-3-1-4-8-13/h2,5-6,9-10,13,17H,1,3-4,7-8,11-12H2,(H,18,19). The lowest BCUT2D eigenvalue weighted by molar-refractivity contribution is 0.462. The van der Waals surface area contributed by atoms with Crippen molar-refractivity contribution in [3.05, 3.63) is 30.3 Å². The van der Waals surface area contributed by atoms with Gasteiger partial charge in [-0.15, -0.1) is 10.2 Å². The second-order valence-electron chi connectivity index (χ2n) is 5.91. The summed E-state index contributed by atoms with van der Waals surface area (Å²) < 4.78 is 27.7. The van der Waals surface area contributed by atoms with Gasteiger partial charge in [0.2, 0.25) is 15.2 Å². The largest absolute Gasteiger partial charge is 0.357 e. The molecule has 136 valence electrons. The Kier molecular flexibility index (Phi) is 6.69. The lowest BCUT2D eigenvalue weighted by atomic mass is 9.96. The van der Waals surface area contributed by atoms with Gasteiger partial charge in [-0.1, -0.05) is 60.6 Å². The molecule has 0 aliphatic heterocycles. The first-order valence-electron chi connectivity index (χ1n) is 8.41. The van der Waals surface area contributed by atoms with E-state index in [1.165, 1.54) is 55.2 Å². The maximum absolute atomic E-state index is 12.1. The van der Waals surface area contributed by atoms with E-state index in [9.17, 15) is 8.42 Å². The Morgan fingerprint density at radius 1 is 1.12 bits per heavy atom. The van der Waals surface area contributed by atoms with Gasteiger partial charge in [0.05, 0.1) is 4.90 Å². The smallest absolute Gasteiger partial charge is 0.240 e. The van der Waals surface area contributed by atoms with Crippen molar-refractivity contribution >= 4 is 38.3 Å². The number of thioether (sulfide) groups is 1. The van der Waals surface area contributed by atoms with Crippen molar-refractivity contribution in [2.24, 2.45) is 0 Å². The minimum Gasteiger partial charge on any atom is -0.357 e. The second kappa shape index (κ2) is 8.98. The van der Waals surface area contributed by atoms with Gasteiger partial charge in [-0.2, -0.15) is 0 Å². The van der Waals surface area contributed by atoms with E-state index in [1.807, 2.05) is 0 Å². The molecule has 25 heavy (non-hydrogen) atoms. The van der Waals surface area contributed by atoms with Crippen LogP contribution in [0.15, 0.2) is 39.6 Å². The van der Waals surface area contributed by atoms with Gasteiger partial charge in [0.1, 0.15) is 0 Å². The van der Waals surface area contributed by atoms with Crippen molar-refractivity contribution in [3.63, 3.8) is 0 Å². The van der Waals surface area contributed by atoms with Crippen LogP contribution in [0.1, 0.15) is 32.1 Å². The molecular formula is C16H22N4O2S3. The van der Waals surface area contributed by atoms with E-state index in [4.69, 9.17) is 0 Å². The molecule has 0 spiro atoms. The molecule has 0 amide bonds. The Hall–Kier alpha value is -1.16. The van der Waals surface area contributed by atoms with E-state index < -0.39 is 10.0 Å². The quantitative estimate of drug-likeness (QED) is 0.524. The predicted octanol–water partition coefficient (Wildman–Crippen LogP) is 3.35. The molecule has 2 aromatic rings. The minimum atomic E-state index is -3.44. The van der Waals surface area contributed by atoms with Gasteiger partial charge in [0.15, 0.2) is 4.34 Å². The Bertz CT molecular complexity index is 759. The van der Waals surface area contributed by atoms with Crippen LogP contribution in [0.5, 0.6) is 0 Å². The molecular weight excluding hydrogens is 376 g/mol. The van der Waals surface area contributed by atoms with Crippen molar-refractivity contribution in [1.29, 1.82) is 0 Å². The number of nitrogens with zero attached hydrogens (tertiary/aromatic N) is 2. The normalized spacial score (nSPS) is 16.0. The zero-order chi connectivity index (χ0) is 17.5. The van der Waals surface area contributed by atoms with Crippen molar-refractivity contribution in [2.75, 3.05) is 17.6 Å². The van der Waals surface area contributed by atoms with Crippen molar-refractivity contribution < 1.29 is 8.42 Å². The molecule has 0 radical (unpaired) electrons. The van der Waals surface area contributed by atoms with Crippen molar-refractivity contribution in [1.82, 2.24) is 14.9 Å². The Labute approximate surface area is 156 Å². The Balaban J connectivity index is 1.42. The molecule has 1 saturated carbocycles. The van der Waals surface area contributed by atoms with Crippen LogP contribution in [0.25, 0.3) is 0 Å². The highest BCUT2D eigenvalue weighted by Crippen LogP contribution is 2.28. The van der Waals surface area contributed by atoms with Gasteiger partial charge >= 0.3 is 0 Å². The van der Waals surface area contributed by atoms with Crippen LogP contribution in [0.2, 0.25) is 0 Å². The number of aromatic nitrogens is 2. The molecule has 0 bridgehead atoms. The summed E-state index contributed by atoms with van der Waals surface area (Å²) in [5.74, 6) is 0.615. The summed E-state index contributed by atoms with van der Waals surface area (Å²) in [6.07, 6.45) is 6.28. The number of hydrogen-bond donors (Lipinski definition) is 2. The molecule has 1 fully saturated rings. The fourth-order valence-electron chi connectivity index (χ4n) is 2.75. The average Bonchev–Trinajstić information content (AvgIpc) is 3.08. The molecule has 1 aliphatic carbocycles. The van der Waals surface area contributed by atoms with Crippen LogP contribution in [0.3, 0.4) is 0 Å². The molecule has 3 rings (SSSR count). The maximum Gasteiger partial charge on any atom is 0.240 e. The van der Waals surface area contributed by atoms with Crippen LogP contribution in [-0.2, 0) is 10.0 Å². The van der Waals surface area contributed by atoms with Crippen molar-refractivity contribution in [2.45, 2.75) is 47.4 Å². The summed E-state index contributed by atoms with van der Waals surface area (Å²) in [5.41, 5.74) is 0. The maximum atomic E-state index is 12.1. The lowest BCUT2D eigenvalue weighted by Crippen LogP contribution is -2.25. The predicted molar refractivity (Wildman–Crippen MR) is 103 cm³/mol. The first-order chi connectivity index (χ1) is 12.1. The molecule has 2 N–H and O–H groups in total. The number of hydrogen-bond acceptors (Lipinski definition) is 7. The molecule has 0 saturated heterocycles. The van der Waals surface area contributed by atoms with Crippen LogP contribution in [0.4, 0.5) is 5.13 Å². The van der Waals surface area contributed by atoms with E-state index in [1.54, 1.807) is 30.3 Å². The van der Waals surface area contributed by atoms with Gasteiger partial charge < -0.3 is 5.32 Å². The topological polar surface area (TPSA) is 84.0 Å². The number of benzene rings is 1. The highest BCUT2D eigenvalue weighted by molar-refractivity contribution is 8.01. The van der Waals surface area contributed by atoms with E-state index in [0.29, 0.717) is 18.3 Å². The molecule has 1 aromatic carbocycles. The van der Waals surface area contributed by atoms with Crippen molar-refractivity contribution in [3.8, 4) is 0 Å². The molecule has 1 heterocycles. The number of anilines is 1. The summed E-state index contributed by atoms with van der Waals surface area (Å²) >= 11 is 3.05. The van der Waals surface area contributed by atoms with Crippen LogP contribution in [0, 0.1) is 0 Å². The first kappa shape index (κ1) is 18.6. The third-order valence-electron chi connectivity index (χ3n) is 4.01. The van der Waals surface area contributed by atoms with Crippen LogP contribution >= 0.6 is 23.1 Å². The minimum absolute atomic E-state index is 0.287. The van der Waals surface area contributed by atoms with E-state index in [2.05, 4.69) is 20.2 Å². The Morgan fingerprint density at radius 3 is 2.64 bits per heavy atom. The van der Waals surface area contributed by atoms with E-state index in [0.717, 1.165) is 9.47 Å². The fraction of sp³-hybridized carbons (Fsp3) is 0.500. The molecule has 1 aliphatic rings.